The Morgan fingerprint density at radius 1 is 1.05 bits per heavy atom. The number of allylic oxidation sites excluding steroid dienone is 2. The Labute approximate surface area is 123 Å². The number of nitrogens with two attached hydrogens (primary N) is 1. The third-order valence-electron chi connectivity index (χ3n) is 4.06. The molecule has 2 amide bonds. The molecule has 0 spiro atoms. The van der Waals surface area contributed by atoms with Crippen molar-refractivity contribution >= 4 is 17.5 Å². The number of rotatable bonds is 4. The quantitative estimate of drug-likeness (QED) is 0.518. The smallest absolute Gasteiger partial charge is 0.233 e. The minimum Gasteiger partial charge on any atom is -0.492 e. The van der Waals surface area contributed by atoms with Crippen LogP contribution in [0.1, 0.15) is 12.8 Å². The van der Waals surface area contributed by atoms with Gasteiger partial charge in [0.25, 0.3) is 0 Å². The number of nitrogen functional groups attached to an aromatic ring is 1. The standard InChI is InChI=1S/C16H18N2O3/c17-11-5-7-12(8-6-11)21-10-9-18-15(19)13-3-1-2-4-14(13)16(18)20/h1-2,5-8,13-14H,3-4,9-10,17H2/t13-,14+. The molecule has 110 valence electrons. The Bertz CT molecular complexity index is 554. The first-order valence-corrected chi connectivity index (χ1v) is 7.15. The van der Waals surface area contributed by atoms with E-state index in [1.54, 1.807) is 24.3 Å². The van der Waals surface area contributed by atoms with E-state index in [0.717, 1.165) is 0 Å². The highest BCUT2D eigenvalue weighted by molar-refractivity contribution is 6.05. The summed E-state index contributed by atoms with van der Waals surface area (Å²) in [5.74, 6) is 0.228. The largest absolute Gasteiger partial charge is 0.492 e. The van der Waals surface area contributed by atoms with Crippen molar-refractivity contribution < 1.29 is 14.3 Å². The van der Waals surface area contributed by atoms with Gasteiger partial charge in [0.05, 0.1) is 18.4 Å². The molecule has 0 unspecified atom stereocenters. The molecule has 0 aromatic heterocycles. The lowest BCUT2D eigenvalue weighted by atomic mass is 9.85. The van der Waals surface area contributed by atoms with Crippen LogP contribution in [0.3, 0.4) is 0 Å². The molecule has 21 heavy (non-hydrogen) atoms. The second-order valence-corrected chi connectivity index (χ2v) is 5.40. The van der Waals surface area contributed by atoms with Gasteiger partial charge in [0, 0.05) is 5.69 Å². The van der Waals surface area contributed by atoms with E-state index in [4.69, 9.17) is 10.5 Å². The molecular formula is C16H18N2O3. The summed E-state index contributed by atoms with van der Waals surface area (Å²) >= 11 is 0. The molecule has 2 aliphatic rings. The first-order chi connectivity index (χ1) is 10.2. The summed E-state index contributed by atoms with van der Waals surface area (Å²) in [6, 6.07) is 7.04. The Hall–Kier alpha value is -2.30. The van der Waals surface area contributed by atoms with Crippen molar-refractivity contribution in [3.8, 4) is 5.75 Å². The van der Waals surface area contributed by atoms with Crippen LogP contribution in [-0.2, 0) is 9.59 Å². The van der Waals surface area contributed by atoms with Crippen LogP contribution in [0.4, 0.5) is 5.69 Å². The number of likely N-dealkylation sites (tertiary alicyclic amines) is 1. The molecule has 1 aromatic carbocycles. The number of amides is 2. The number of hydrogen-bond acceptors (Lipinski definition) is 4. The molecule has 1 heterocycles. The summed E-state index contributed by atoms with van der Waals surface area (Å²) in [7, 11) is 0. The van der Waals surface area contributed by atoms with Crippen LogP contribution in [-0.4, -0.2) is 29.9 Å². The first-order valence-electron chi connectivity index (χ1n) is 7.15. The predicted octanol–water partition coefficient (Wildman–Crippen LogP) is 1.60. The lowest BCUT2D eigenvalue weighted by Crippen LogP contribution is -2.34. The predicted molar refractivity (Wildman–Crippen MR) is 78.4 cm³/mol. The lowest BCUT2D eigenvalue weighted by Gasteiger charge is -2.15. The highest BCUT2D eigenvalue weighted by atomic mass is 16.5. The van der Waals surface area contributed by atoms with Crippen molar-refractivity contribution in [2.75, 3.05) is 18.9 Å². The molecule has 1 fully saturated rings. The highest BCUT2D eigenvalue weighted by Gasteiger charge is 2.46. The number of carbonyl (C=O) groups is 2. The highest BCUT2D eigenvalue weighted by Crippen LogP contribution is 2.34. The van der Waals surface area contributed by atoms with Gasteiger partial charge in [0.15, 0.2) is 0 Å². The van der Waals surface area contributed by atoms with E-state index in [-0.39, 0.29) is 23.7 Å². The molecule has 1 aliphatic heterocycles. The Morgan fingerprint density at radius 2 is 1.62 bits per heavy atom. The fourth-order valence-corrected chi connectivity index (χ4v) is 2.91. The lowest BCUT2D eigenvalue weighted by molar-refractivity contribution is -0.140. The monoisotopic (exact) mass is 286 g/mol. The van der Waals surface area contributed by atoms with Crippen LogP contribution in [0, 0.1) is 11.8 Å². The molecule has 2 atom stereocenters. The molecule has 2 N–H and O–H groups in total. The maximum atomic E-state index is 12.2. The fraction of sp³-hybridized carbons (Fsp3) is 0.375. The van der Waals surface area contributed by atoms with Gasteiger partial charge >= 0.3 is 0 Å². The summed E-state index contributed by atoms with van der Waals surface area (Å²) < 4.78 is 5.56. The van der Waals surface area contributed by atoms with Crippen LogP contribution >= 0.6 is 0 Å². The van der Waals surface area contributed by atoms with Crippen LogP contribution < -0.4 is 10.5 Å². The van der Waals surface area contributed by atoms with E-state index in [1.165, 1.54) is 4.90 Å². The average molecular weight is 286 g/mol. The molecule has 3 rings (SSSR count). The van der Waals surface area contributed by atoms with Crippen molar-refractivity contribution in [1.82, 2.24) is 4.90 Å². The molecule has 0 saturated carbocycles. The van der Waals surface area contributed by atoms with Crippen LogP contribution in [0.5, 0.6) is 5.75 Å². The summed E-state index contributed by atoms with van der Waals surface area (Å²) in [6.45, 7) is 0.601. The van der Waals surface area contributed by atoms with Gasteiger partial charge in [-0.05, 0) is 37.1 Å². The van der Waals surface area contributed by atoms with Gasteiger partial charge in [-0.15, -0.1) is 0 Å². The topological polar surface area (TPSA) is 72.6 Å². The van der Waals surface area contributed by atoms with Crippen LogP contribution in [0.15, 0.2) is 36.4 Å². The van der Waals surface area contributed by atoms with E-state index in [2.05, 4.69) is 0 Å². The fourth-order valence-electron chi connectivity index (χ4n) is 2.91. The molecular weight excluding hydrogens is 268 g/mol. The number of imide groups is 1. The first kappa shape index (κ1) is 13.7. The van der Waals surface area contributed by atoms with Crippen molar-refractivity contribution in [3.63, 3.8) is 0 Å². The van der Waals surface area contributed by atoms with Gasteiger partial charge in [0.1, 0.15) is 12.4 Å². The van der Waals surface area contributed by atoms with Crippen LogP contribution in [0.25, 0.3) is 0 Å². The second kappa shape index (κ2) is 5.60. The van der Waals surface area contributed by atoms with Gasteiger partial charge in [0.2, 0.25) is 11.8 Å². The maximum Gasteiger partial charge on any atom is 0.233 e. The van der Waals surface area contributed by atoms with E-state index in [0.29, 0.717) is 37.4 Å². The summed E-state index contributed by atoms with van der Waals surface area (Å²) in [5, 5.41) is 0. The Balaban J connectivity index is 1.57. The zero-order valence-corrected chi connectivity index (χ0v) is 11.7. The van der Waals surface area contributed by atoms with Gasteiger partial charge in [-0.2, -0.15) is 0 Å². The minimum atomic E-state index is -0.168. The summed E-state index contributed by atoms with van der Waals surface area (Å²) in [5.41, 5.74) is 6.27. The molecule has 1 aliphatic carbocycles. The van der Waals surface area contributed by atoms with E-state index >= 15 is 0 Å². The number of hydrogen-bond donors (Lipinski definition) is 1. The molecule has 0 radical (unpaired) electrons. The third-order valence-corrected chi connectivity index (χ3v) is 4.06. The Morgan fingerprint density at radius 3 is 2.19 bits per heavy atom. The molecule has 1 saturated heterocycles. The normalized spacial score (nSPS) is 24.3. The number of ether oxygens (including phenoxy) is 1. The second-order valence-electron chi connectivity index (χ2n) is 5.40. The SMILES string of the molecule is Nc1ccc(OCCN2C(=O)[C@H]3CC=CC[C@H]3C2=O)cc1. The number of carbonyl (C=O) groups excluding carboxylic acids is 2. The molecule has 0 bridgehead atoms. The number of fused-ring (bicyclic) bond motifs is 1. The van der Waals surface area contributed by atoms with Crippen molar-refractivity contribution in [2.24, 2.45) is 11.8 Å². The Kier molecular flexibility index (Phi) is 3.64. The van der Waals surface area contributed by atoms with E-state index in [9.17, 15) is 9.59 Å². The maximum absolute atomic E-state index is 12.2. The number of anilines is 1. The van der Waals surface area contributed by atoms with Crippen molar-refractivity contribution in [2.45, 2.75) is 12.8 Å². The zero-order valence-electron chi connectivity index (χ0n) is 11.7. The molecule has 5 heteroatoms. The van der Waals surface area contributed by atoms with Gasteiger partial charge in [-0.25, -0.2) is 0 Å². The third kappa shape index (κ3) is 2.63. The average Bonchev–Trinajstić information content (AvgIpc) is 2.75. The minimum absolute atomic E-state index is 0.0599. The number of nitrogens with zero attached hydrogens (tertiary/aromatic N) is 1. The van der Waals surface area contributed by atoms with Gasteiger partial charge < -0.3 is 10.5 Å². The van der Waals surface area contributed by atoms with Gasteiger partial charge in [-0.1, -0.05) is 12.2 Å². The van der Waals surface area contributed by atoms with E-state index < -0.39 is 0 Å². The molecule has 1 aromatic rings. The van der Waals surface area contributed by atoms with Crippen LogP contribution in [0.2, 0.25) is 0 Å². The summed E-state index contributed by atoms with van der Waals surface area (Å²) in [4.78, 5) is 25.8. The van der Waals surface area contributed by atoms with Crippen molar-refractivity contribution in [3.05, 3.63) is 36.4 Å². The number of benzene rings is 1. The van der Waals surface area contributed by atoms with E-state index in [1.807, 2.05) is 12.2 Å². The zero-order chi connectivity index (χ0) is 14.8. The molecule has 5 nitrogen and oxygen atoms in total. The summed E-state index contributed by atoms with van der Waals surface area (Å²) in [6.07, 6.45) is 5.32. The van der Waals surface area contributed by atoms with Gasteiger partial charge in [-0.3, -0.25) is 14.5 Å². The van der Waals surface area contributed by atoms with Crippen molar-refractivity contribution in [1.29, 1.82) is 0 Å².